The first-order chi connectivity index (χ1) is 8.08. The van der Waals surface area contributed by atoms with Gasteiger partial charge >= 0.3 is 0 Å². The number of benzene rings is 1. The van der Waals surface area contributed by atoms with E-state index in [1.807, 2.05) is 45.0 Å². The first-order valence-electron chi connectivity index (χ1n) is 5.58. The van der Waals surface area contributed by atoms with E-state index in [0.29, 0.717) is 0 Å². The summed E-state index contributed by atoms with van der Waals surface area (Å²) in [6.07, 6.45) is -0.682. The summed E-state index contributed by atoms with van der Waals surface area (Å²) in [7, 11) is 0. The molecule has 0 aliphatic carbocycles. The van der Waals surface area contributed by atoms with E-state index in [2.05, 4.69) is 5.16 Å². The van der Waals surface area contributed by atoms with E-state index in [-0.39, 0.29) is 13.2 Å². The predicted octanol–water partition coefficient (Wildman–Crippen LogP) is 2.15. The summed E-state index contributed by atoms with van der Waals surface area (Å²) in [6, 6.07) is 7.68. The van der Waals surface area contributed by atoms with Crippen molar-refractivity contribution in [1.82, 2.24) is 0 Å². The van der Waals surface area contributed by atoms with Crippen LogP contribution in [-0.2, 0) is 4.84 Å². The lowest BCUT2D eigenvalue weighted by Crippen LogP contribution is -2.22. The fourth-order valence-electron chi connectivity index (χ4n) is 1.20. The predicted molar refractivity (Wildman–Crippen MR) is 67.4 cm³/mol. The molecule has 4 heteroatoms. The topological polar surface area (TPSA) is 51.0 Å². The highest BCUT2D eigenvalue weighted by atomic mass is 16.6. The van der Waals surface area contributed by atoms with Gasteiger partial charge in [-0.15, -0.1) is 0 Å². The van der Waals surface area contributed by atoms with Gasteiger partial charge in [0.25, 0.3) is 0 Å². The fraction of sp³-hybridized carbons (Fsp3) is 0.462. The Morgan fingerprint density at radius 1 is 1.35 bits per heavy atom. The molecule has 0 fully saturated rings. The number of hydrogen-bond acceptors (Lipinski definition) is 4. The molecule has 0 heterocycles. The van der Waals surface area contributed by atoms with Gasteiger partial charge in [-0.1, -0.05) is 17.3 Å². The molecule has 0 amide bonds. The Morgan fingerprint density at radius 3 is 2.76 bits per heavy atom. The number of hydrogen-bond donors (Lipinski definition) is 1. The quantitative estimate of drug-likeness (QED) is 0.609. The molecular formula is C13H19NO3. The Labute approximate surface area is 102 Å². The smallest absolute Gasteiger partial charge is 0.146 e. The molecule has 4 nitrogen and oxygen atoms in total. The van der Waals surface area contributed by atoms with Crippen molar-refractivity contribution in [3.8, 4) is 5.75 Å². The number of rotatable bonds is 6. The molecule has 0 bridgehead atoms. The second-order valence-electron chi connectivity index (χ2n) is 4.12. The molecule has 0 saturated carbocycles. The first-order valence-corrected chi connectivity index (χ1v) is 5.58. The lowest BCUT2D eigenvalue weighted by molar-refractivity contribution is 0.0142. The van der Waals surface area contributed by atoms with Crippen molar-refractivity contribution in [2.24, 2.45) is 5.16 Å². The van der Waals surface area contributed by atoms with Crippen LogP contribution in [0.15, 0.2) is 29.4 Å². The van der Waals surface area contributed by atoms with Crippen molar-refractivity contribution >= 4 is 5.71 Å². The minimum Gasteiger partial charge on any atom is -0.491 e. The fourth-order valence-corrected chi connectivity index (χ4v) is 1.20. The summed E-state index contributed by atoms with van der Waals surface area (Å²) >= 11 is 0. The minimum atomic E-state index is -0.682. The van der Waals surface area contributed by atoms with Gasteiger partial charge < -0.3 is 14.7 Å². The van der Waals surface area contributed by atoms with Crippen molar-refractivity contribution in [3.05, 3.63) is 29.8 Å². The molecule has 0 aliphatic heterocycles. The number of aliphatic hydroxyl groups excluding tert-OH is 1. The average molecular weight is 237 g/mol. The molecule has 1 rings (SSSR count). The maximum absolute atomic E-state index is 9.57. The zero-order valence-corrected chi connectivity index (χ0v) is 10.5. The summed E-state index contributed by atoms with van der Waals surface area (Å²) < 4.78 is 5.43. The van der Waals surface area contributed by atoms with Crippen molar-refractivity contribution in [1.29, 1.82) is 0 Å². The van der Waals surface area contributed by atoms with Gasteiger partial charge in [-0.05, 0) is 38.5 Å². The number of oxime groups is 1. The van der Waals surface area contributed by atoms with Crippen LogP contribution < -0.4 is 4.74 Å². The van der Waals surface area contributed by atoms with E-state index in [4.69, 9.17) is 9.57 Å². The Hall–Kier alpha value is -1.55. The van der Waals surface area contributed by atoms with Crippen LogP contribution in [0, 0.1) is 6.92 Å². The Bertz CT molecular complexity index is 373. The highest BCUT2D eigenvalue weighted by Gasteiger charge is 2.05. The molecule has 1 N–H and O–H groups in total. The van der Waals surface area contributed by atoms with Gasteiger partial charge in [-0.3, -0.25) is 0 Å². The summed E-state index contributed by atoms with van der Waals surface area (Å²) in [6.45, 7) is 5.98. The monoisotopic (exact) mass is 237 g/mol. The van der Waals surface area contributed by atoms with Crippen LogP contribution in [-0.4, -0.2) is 30.1 Å². The number of ether oxygens (including phenoxy) is 1. The van der Waals surface area contributed by atoms with E-state index >= 15 is 0 Å². The summed E-state index contributed by atoms with van der Waals surface area (Å²) in [5.74, 6) is 0.749. The Kier molecular flexibility index (Phi) is 5.49. The van der Waals surface area contributed by atoms with E-state index in [1.54, 1.807) is 0 Å². The molecule has 1 atom stereocenters. The molecule has 0 spiro atoms. The van der Waals surface area contributed by atoms with Gasteiger partial charge in [0.05, 0.1) is 5.71 Å². The third-order valence-corrected chi connectivity index (χ3v) is 1.95. The molecule has 17 heavy (non-hydrogen) atoms. The molecule has 94 valence electrons. The van der Waals surface area contributed by atoms with E-state index in [0.717, 1.165) is 17.0 Å². The standard InChI is InChI=1S/C13H19NO3/c1-10(2)14-17-9-12(15)8-16-13-6-4-5-11(3)7-13/h4-7,12,15H,8-9H2,1-3H3/t12-/m1/s1. The summed E-state index contributed by atoms with van der Waals surface area (Å²) in [5.41, 5.74) is 1.94. The normalized spacial score (nSPS) is 11.8. The van der Waals surface area contributed by atoms with Crippen LogP contribution in [0.2, 0.25) is 0 Å². The largest absolute Gasteiger partial charge is 0.491 e. The van der Waals surface area contributed by atoms with Crippen LogP contribution in [0.25, 0.3) is 0 Å². The molecule has 1 aromatic carbocycles. The van der Waals surface area contributed by atoms with Crippen molar-refractivity contribution in [3.63, 3.8) is 0 Å². The van der Waals surface area contributed by atoms with E-state index in [9.17, 15) is 5.11 Å². The van der Waals surface area contributed by atoms with Gasteiger partial charge in [0.2, 0.25) is 0 Å². The molecule has 0 saturated heterocycles. The van der Waals surface area contributed by atoms with Gasteiger partial charge in [0.1, 0.15) is 25.1 Å². The Morgan fingerprint density at radius 2 is 2.12 bits per heavy atom. The number of aliphatic hydroxyl groups is 1. The second-order valence-corrected chi connectivity index (χ2v) is 4.12. The zero-order valence-electron chi connectivity index (χ0n) is 10.5. The second kappa shape index (κ2) is 6.91. The van der Waals surface area contributed by atoms with Crippen molar-refractivity contribution in [2.75, 3.05) is 13.2 Å². The highest BCUT2D eigenvalue weighted by Crippen LogP contribution is 2.12. The van der Waals surface area contributed by atoms with Gasteiger partial charge in [0.15, 0.2) is 0 Å². The van der Waals surface area contributed by atoms with Crippen molar-refractivity contribution < 1.29 is 14.7 Å². The maximum Gasteiger partial charge on any atom is 0.146 e. The minimum absolute atomic E-state index is 0.136. The third-order valence-electron chi connectivity index (χ3n) is 1.95. The third kappa shape index (κ3) is 5.92. The number of aryl methyl sites for hydroxylation is 1. The first kappa shape index (κ1) is 13.5. The zero-order chi connectivity index (χ0) is 12.7. The average Bonchev–Trinajstić information content (AvgIpc) is 2.26. The van der Waals surface area contributed by atoms with Crippen LogP contribution in [0.4, 0.5) is 0 Å². The molecule has 0 radical (unpaired) electrons. The lowest BCUT2D eigenvalue weighted by Gasteiger charge is -2.11. The molecule has 0 aromatic heterocycles. The lowest BCUT2D eigenvalue weighted by atomic mass is 10.2. The maximum atomic E-state index is 9.57. The molecule has 1 aromatic rings. The summed E-state index contributed by atoms with van der Waals surface area (Å²) in [4.78, 5) is 4.93. The molecular weight excluding hydrogens is 218 g/mol. The summed E-state index contributed by atoms with van der Waals surface area (Å²) in [5, 5.41) is 13.3. The van der Waals surface area contributed by atoms with Crippen LogP contribution in [0.1, 0.15) is 19.4 Å². The van der Waals surface area contributed by atoms with Gasteiger partial charge in [-0.2, -0.15) is 0 Å². The van der Waals surface area contributed by atoms with E-state index in [1.165, 1.54) is 0 Å². The molecule has 0 unspecified atom stereocenters. The van der Waals surface area contributed by atoms with Gasteiger partial charge in [-0.25, -0.2) is 0 Å². The highest BCUT2D eigenvalue weighted by molar-refractivity contribution is 5.78. The number of nitrogens with zero attached hydrogens (tertiary/aromatic N) is 1. The molecule has 0 aliphatic rings. The SMILES string of the molecule is CC(C)=NOC[C@H](O)COc1cccc(C)c1. The van der Waals surface area contributed by atoms with E-state index < -0.39 is 6.10 Å². The van der Waals surface area contributed by atoms with Gasteiger partial charge in [0, 0.05) is 0 Å². The van der Waals surface area contributed by atoms with Crippen LogP contribution in [0.3, 0.4) is 0 Å². The van der Waals surface area contributed by atoms with Crippen LogP contribution >= 0.6 is 0 Å². The Balaban J connectivity index is 2.28. The van der Waals surface area contributed by atoms with Crippen LogP contribution in [0.5, 0.6) is 5.75 Å². The van der Waals surface area contributed by atoms with Crippen molar-refractivity contribution in [2.45, 2.75) is 26.9 Å².